The van der Waals surface area contributed by atoms with Gasteiger partial charge < -0.3 is 14.0 Å². The number of H-pyrrole nitrogens is 1. The Bertz CT molecular complexity index is 1190. The smallest absolute Gasteiger partial charge is 0.258 e. The molecule has 8 nitrogen and oxygen atoms in total. The van der Waals surface area contributed by atoms with Gasteiger partial charge in [-0.1, -0.05) is 12.1 Å². The standard InChI is InChI=1S/C22H23N5O3/c1-27-11-10-15-6-7-16(13-17(15)27)21(28)24-22-23-20(25-26-22)9-5-14-4-8-18(29-2)19(12-14)30-3/h4,6-8,10-13H,5,9H2,1-3H3,(H2,23,24,25,26,28). The van der Waals surface area contributed by atoms with Crippen molar-refractivity contribution in [1.82, 2.24) is 19.7 Å². The van der Waals surface area contributed by atoms with Crippen LogP contribution < -0.4 is 14.8 Å². The van der Waals surface area contributed by atoms with Crippen molar-refractivity contribution >= 4 is 22.8 Å². The van der Waals surface area contributed by atoms with Gasteiger partial charge in [-0.15, -0.1) is 5.10 Å². The van der Waals surface area contributed by atoms with Crippen molar-refractivity contribution in [3.63, 3.8) is 0 Å². The third kappa shape index (κ3) is 3.98. The maximum Gasteiger partial charge on any atom is 0.258 e. The number of benzene rings is 2. The molecule has 0 saturated carbocycles. The van der Waals surface area contributed by atoms with Gasteiger partial charge in [0.15, 0.2) is 11.5 Å². The van der Waals surface area contributed by atoms with E-state index in [4.69, 9.17) is 9.47 Å². The van der Waals surface area contributed by atoms with Crippen LogP contribution in [0.3, 0.4) is 0 Å². The summed E-state index contributed by atoms with van der Waals surface area (Å²) in [6.45, 7) is 0. The summed E-state index contributed by atoms with van der Waals surface area (Å²) < 4.78 is 12.6. The lowest BCUT2D eigenvalue weighted by Gasteiger charge is -2.09. The van der Waals surface area contributed by atoms with E-state index in [0.29, 0.717) is 29.3 Å². The van der Waals surface area contributed by atoms with E-state index in [1.807, 2.05) is 54.2 Å². The second-order valence-corrected chi connectivity index (χ2v) is 6.95. The molecule has 2 aromatic heterocycles. The number of nitrogens with zero attached hydrogens (tertiary/aromatic N) is 3. The molecule has 0 radical (unpaired) electrons. The van der Waals surface area contributed by atoms with Crippen LogP contribution in [0.4, 0.5) is 5.95 Å². The molecular formula is C22H23N5O3. The molecule has 0 spiro atoms. The molecule has 0 bridgehead atoms. The number of carbonyl (C=O) groups excluding carboxylic acids is 1. The van der Waals surface area contributed by atoms with Crippen LogP contribution in [0.15, 0.2) is 48.7 Å². The minimum Gasteiger partial charge on any atom is -0.493 e. The van der Waals surface area contributed by atoms with Crippen molar-refractivity contribution in [3.05, 3.63) is 65.6 Å². The highest BCUT2D eigenvalue weighted by atomic mass is 16.5. The Hall–Kier alpha value is -3.81. The normalized spacial score (nSPS) is 10.9. The number of hydrogen-bond acceptors (Lipinski definition) is 5. The van der Waals surface area contributed by atoms with E-state index in [1.165, 1.54) is 0 Å². The SMILES string of the molecule is COc1ccc(CCc2nc(NC(=O)c3ccc4ccn(C)c4c3)n[nH]2)cc1OC. The molecule has 2 heterocycles. The summed E-state index contributed by atoms with van der Waals surface area (Å²) in [5.41, 5.74) is 2.64. The predicted molar refractivity (Wildman–Crippen MR) is 114 cm³/mol. The Kier molecular flexibility index (Phi) is 5.38. The number of anilines is 1. The molecule has 8 heteroatoms. The van der Waals surface area contributed by atoms with E-state index >= 15 is 0 Å². The van der Waals surface area contributed by atoms with E-state index in [1.54, 1.807) is 20.3 Å². The lowest BCUT2D eigenvalue weighted by Crippen LogP contribution is -2.13. The zero-order valence-corrected chi connectivity index (χ0v) is 17.1. The van der Waals surface area contributed by atoms with Gasteiger partial charge in [0, 0.05) is 30.7 Å². The summed E-state index contributed by atoms with van der Waals surface area (Å²) >= 11 is 0. The molecule has 1 amide bonds. The number of aromatic amines is 1. The van der Waals surface area contributed by atoms with Gasteiger partial charge in [0.25, 0.3) is 5.91 Å². The van der Waals surface area contributed by atoms with Gasteiger partial charge in [-0.05, 0) is 47.7 Å². The molecule has 0 aliphatic heterocycles. The number of aromatic nitrogens is 4. The van der Waals surface area contributed by atoms with Gasteiger partial charge in [-0.2, -0.15) is 4.98 Å². The molecule has 0 aliphatic rings. The number of hydrogen-bond donors (Lipinski definition) is 2. The summed E-state index contributed by atoms with van der Waals surface area (Å²) in [4.78, 5) is 16.9. The maximum absolute atomic E-state index is 12.6. The summed E-state index contributed by atoms with van der Waals surface area (Å²) in [6, 6.07) is 13.4. The van der Waals surface area contributed by atoms with Crippen molar-refractivity contribution in [3.8, 4) is 11.5 Å². The van der Waals surface area contributed by atoms with E-state index in [-0.39, 0.29) is 11.9 Å². The lowest BCUT2D eigenvalue weighted by molar-refractivity contribution is 0.102. The third-order valence-corrected chi connectivity index (χ3v) is 5.01. The van der Waals surface area contributed by atoms with Crippen molar-refractivity contribution < 1.29 is 14.3 Å². The van der Waals surface area contributed by atoms with Crippen LogP contribution in [0.1, 0.15) is 21.7 Å². The van der Waals surface area contributed by atoms with Crippen LogP contribution in [0.25, 0.3) is 10.9 Å². The predicted octanol–water partition coefficient (Wildman–Crippen LogP) is 3.35. The van der Waals surface area contributed by atoms with Gasteiger partial charge in [0.05, 0.1) is 14.2 Å². The average Bonchev–Trinajstić information content (AvgIpc) is 3.38. The Morgan fingerprint density at radius 2 is 1.90 bits per heavy atom. The van der Waals surface area contributed by atoms with Crippen LogP contribution in [-0.4, -0.2) is 39.9 Å². The third-order valence-electron chi connectivity index (χ3n) is 5.01. The van der Waals surface area contributed by atoms with Gasteiger partial charge in [-0.3, -0.25) is 15.2 Å². The number of methoxy groups -OCH3 is 2. The fourth-order valence-corrected chi connectivity index (χ4v) is 3.34. The first-order valence-corrected chi connectivity index (χ1v) is 9.56. The summed E-state index contributed by atoms with van der Waals surface area (Å²) in [7, 11) is 5.17. The summed E-state index contributed by atoms with van der Waals surface area (Å²) in [5.74, 6) is 2.09. The van der Waals surface area contributed by atoms with Crippen LogP contribution in [0, 0.1) is 0 Å². The Labute approximate surface area is 173 Å². The molecule has 0 saturated heterocycles. The molecule has 4 rings (SSSR count). The first-order valence-electron chi connectivity index (χ1n) is 9.56. The summed E-state index contributed by atoms with van der Waals surface area (Å²) in [6.07, 6.45) is 3.35. The molecule has 154 valence electrons. The first kappa shape index (κ1) is 19.5. The minimum absolute atomic E-state index is 0.247. The average molecular weight is 405 g/mol. The molecule has 0 aliphatic carbocycles. The number of fused-ring (bicyclic) bond motifs is 1. The van der Waals surface area contributed by atoms with E-state index < -0.39 is 0 Å². The fraction of sp³-hybridized carbons (Fsp3) is 0.227. The Balaban J connectivity index is 1.40. The number of amides is 1. The number of nitrogens with one attached hydrogen (secondary N) is 2. The lowest BCUT2D eigenvalue weighted by atomic mass is 10.1. The fourth-order valence-electron chi connectivity index (χ4n) is 3.34. The maximum atomic E-state index is 12.6. The van der Waals surface area contributed by atoms with Crippen LogP contribution in [0.2, 0.25) is 0 Å². The second-order valence-electron chi connectivity index (χ2n) is 6.95. The molecular weight excluding hydrogens is 382 g/mol. The van der Waals surface area contributed by atoms with Crippen molar-refractivity contribution in [2.75, 3.05) is 19.5 Å². The number of rotatable bonds is 7. The molecule has 30 heavy (non-hydrogen) atoms. The van der Waals surface area contributed by atoms with E-state index in [9.17, 15) is 4.79 Å². The van der Waals surface area contributed by atoms with Crippen LogP contribution >= 0.6 is 0 Å². The topological polar surface area (TPSA) is 94.1 Å². The number of aryl methyl sites for hydroxylation is 3. The van der Waals surface area contributed by atoms with Crippen LogP contribution in [-0.2, 0) is 19.9 Å². The van der Waals surface area contributed by atoms with Gasteiger partial charge in [0.1, 0.15) is 5.82 Å². The highest BCUT2D eigenvalue weighted by Gasteiger charge is 2.12. The molecule has 2 aromatic carbocycles. The molecule has 4 aromatic rings. The Morgan fingerprint density at radius 1 is 1.07 bits per heavy atom. The minimum atomic E-state index is -0.247. The van der Waals surface area contributed by atoms with Crippen molar-refractivity contribution in [2.24, 2.45) is 7.05 Å². The quantitative estimate of drug-likeness (QED) is 0.492. The second kappa shape index (κ2) is 8.28. The van der Waals surface area contributed by atoms with Gasteiger partial charge in [-0.25, -0.2) is 0 Å². The first-order chi connectivity index (χ1) is 14.6. The molecule has 0 fully saturated rings. The zero-order valence-electron chi connectivity index (χ0n) is 17.1. The Morgan fingerprint density at radius 3 is 2.70 bits per heavy atom. The van der Waals surface area contributed by atoms with Crippen molar-refractivity contribution in [2.45, 2.75) is 12.8 Å². The molecule has 0 unspecified atom stereocenters. The van der Waals surface area contributed by atoms with Gasteiger partial charge in [0.2, 0.25) is 5.95 Å². The van der Waals surface area contributed by atoms with E-state index in [2.05, 4.69) is 20.5 Å². The van der Waals surface area contributed by atoms with Gasteiger partial charge >= 0.3 is 0 Å². The largest absolute Gasteiger partial charge is 0.493 e. The number of ether oxygens (including phenoxy) is 2. The van der Waals surface area contributed by atoms with Crippen molar-refractivity contribution in [1.29, 1.82) is 0 Å². The highest BCUT2D eigenvalue weighted by molar-refractivity contribution is 6.05. The molecule has 2 N–H and O–H groups in total. The monoisotopic (exact) mass is 405 g/mol. The number of carbonyl (C=O) groups is 1. The molecule has 0 atom stereocenters. The van der Waals surface area contributed by atoms with Crippen LogP contribution in [0.5, 0.6) is 11.5 Å². The highest BCUT2D eigenvalue weighted by Crippen LogP contribution is 2.28. The van der Waals surface area contributed by atoms with E-state index in [0.717, 1.165) is 22.9 Å². The zero-order chi connectivity index (χ0) is 21.1. The summed E-state index contributed by atoms with van der Waals surface area (Å²) in [5, 5.41) is 10.8.